The Morgan fingerprint density at radius 1 is 1.27 bits per heavy atom. The zero-order chi connectivity index (χ0) is 16.8. The van der Waals surface area contributed by atoms with Crippen molar-refractivity contribution in [2.75, 3.05) is 27.3 Å². The molecule has 0 spiro atoms. The molecule has 0 bridgehead atoms. The highest BCUT2D eigenvalue weighted by atomic mass is 16.5. The number of likely N-dealkylation sites (N-methyl/N-ethyl adjacent to an activating group) is 1. The summed E-state index contributed by atoms with van der Waals surface area (Å²) in [6.07, 6.45) is 0. The van der Waals surface area contributed by atoms with Crippen molar-refractivity contribution in [1.29, 1.82) is 0 Å². The molecule has 0 aliphatic heterocycles. The molecule has 1 aromatic rings. The number of rotatable bonds is 7. The third-order valence-electron chi connectivity index (χ3n) is 2.77. The van der Waals surface area contributed by atoms with Crippen molar-refractivity contribution >= 4 is 11.8 Å². The van der Waals surface area contributed by atoms with Gasteiger partial charge in [0.2, 0.25) is 0 Å². The fourth-order valence-electron chi connectivity index (χ4n) is 1.55. The lowest BCUT2D eigenvalue weighted by atomic mass is 10.1. The molecule has 22 heavy (non-hydrogen) atoms. The molecule has 0 aromatic heterocycles. The van der Waals surface area contributed by atoms with Crippen molar-refractivity contribution < 1.29 is 19.1 Å². The highest BCUT2D eigenvalue weighted by Crippen LogP contribution is 2.28. The average Bonchev–Trinajstić information content (AvgIpc) is 2.49. The molecule has 0 unspecified atom stereocenters. The van der Waals surface area contributed by atoms with E-state index in [1.165, 1.54) is 14.2 Å². The van der Waals surface area contributed by atoms with Gasteiger partial charge in [-0.25, -0.2) is 0 Å². The molecule has 4 N–H and O–H groups in total. The van der Waals surface area contributed by atoms with E-state index in [1.54, 1.807) is 18.2 Å². The van der Waals surface area contributed by atoms with Gasteiger partial charge in [0.25, 0.3) is 11.8 Å². The van der Waals surface area contributed by atoms with Gasteiger partial charge in [0.1, 0.15) is 0 Å². The average molecular weight is 309 g/mol. The summed E-state index contributed by atoms with van der Waals surface area (Å²) in [6, 6.07) is 4.74. The first-order valence-electron chi connectivity index (χ1n) is 6.85. The van der Waals surface area contributed by atoms with Crippen LogP contribution < -0.4 is 25.8 Å². The Labute approximate surface area is 130 Å². The molecule has 1 aromatic carbocycles. The summed E-state index contributed by atoms with van der Waals surface area (Å²) in [5, 5.41) is 5.20. The van der Waals surface area contributed by atoms with Crippen LogP contribution >= 0.6 is 0 Å². The van der Waals surface area contributed by atoms with E-state index >= 15 is 0 Å². The van der Waals surface area contributed by atoms with E-state index in [0.29, 0.717) is 23.6 Å². The molecule has 0 aliphatic rings. The quantitative estimate of drug-likeness (QED) is 0.671. The van der Waals surface area contributed by atoms with E-state index in [-0.39, 0.29) is 18.4 Å². The number of ether oxygens (including phenoxy) is 2. The molecule has 0 aliphatic carbocycles. The summed E-state index contributed by atoms with van der Waals surface area (Å²) in [5.41, 5.74) is 5.76. The van der Waals surface area contributed by atoms with Gasteiger partial charge in [0, 0.05) is 24.7 Å². The van der Waals surface area contributed by atoms with Gasteiger partial charge in [-0.2, -0.15) is 0 Å². The number of nitrogens with one attached hydrogen (secondary N) is 2. The highest BCUT2D eigenvalue weighted by Gasteiger charge is 2.15. The lowest BCUT2D eigenvalue weighted by Gasteiger charge is -2.19. The maximum absolute atomic E-state index is 12.1. The SMILES string of the molecule is CNC(=O)COc1ccc(C(=O)NCC(C)(C)N)cc1OC. The summed E-state index contributed by atoms with van der Waals surface area (Å²) >= 11 is 0. The van der Waals surface area contributed by atoms with Gasteiger partial charge in [-0.1, -0.05) is 0 Å². The van der Waals surface area contributed by atoms with E-state index in [9.17, 15) is 9.59 Å². The van der Waals surface area contributed by atoms with Crippen LogP contribution in [-0.2, 0) is 4.79 Å². The molecule has 0 fully saturated rings. The molecule has 7 heteroatoms. The zero-order valence-electron chi connectivity index (χ0n) is 13.4. The van der Waals surface area contributed by atoms with Gasteiger partial charge in [0.05, 0.1) is 7.11 Å². The van der Waals surface area contributed by atoms with Crippen molar-refractivity contribution in [2.45, 2.75) is 19.4 Å². The second-order valence-electron chi connectivity index (χ2n) is 5.50. The Kier molecular flexibility index (Phi) is 6.18. The third-order valence-corrected chi connectivity index (χ3v) is 2.77. The maximum Gasteiger partial charge on any atom is 0.257 e. The Morgan fingerprint density at radius 2 is 1.95 bits per heavy atom. The largest absolute Gasteiger partial charge is 0.493 e. The minimum atomic E-state index is -0.490. The molecule has 1 rings (SSSR count). The molecule has 2 amide bonds. The summed E-state index contributed by atoms with van der Waals surface area (Å²) in [4.78, 5) is 23.2. The van der Waals surface area contributed by atoms with Crippen LogP contribution in [0.3, 0.4) is 0 Å². The van der Waals surface area contributed by atoms with E-state index in [0.717, 1.165) is 0 Å². The Hall–Kier alpha value is -2.28. The van der Waals surface area contributed by atoms with E-state index in [1.807, 2.05) is 13.8 Å². The summed E-state index contributed by atoms with van der Waals surface area (Å²) in [5.74, 6) is 0.258. The van der Waals surface area contributed by atoms with Crippen LogP contribution in [-0.4, -0.2) is 44.7 Å². The van der Waals surface area contributed by atoms with Crippen LogP contribution in [0.1, 0.15) is 24.2 Å². The normalized spacial score (nSPS) is 10.8. The van der Waals surface area contributed by atoms with E-state index < -0.39 is 5.54 Å². The monoisotopic (exact) mass is 309 g/mol. The Balaban J connectivity index is 2.79. The van der Waals surface area contributed by atoms with Crippen LogP contribution in [0.2, 0.25) is 0 Å². The lowest BCUT2D eigenvalue weighted by molar-refractivity contribution is -0.122. The number of carbonyl (C=O) groups is 2. The van der Waals surface area contributed by atoms with Crippen molar-refractivity contribution in [1.82, 2.24) is 10.6 Å². The summed E-state index contributed by atoms with van der Waals surface area (Å²) in [6.45, 7) is 3.87. The maximum atomic E-state index is 12.1. The number of methoxy groups -OCH3 is 1. The fourth-order valence-corrected chi connectivity index (χ4v) is 1.55. The molecule has 0 heterocycles. The van der Waals surface area contributed by atoms with Crippen LogP contribution in [0.15, 0.2) is 18.2 Å². The summed E-state index contributed by atoms with van der Waals surface area (Å²) in [7, 11) is 2.99. The van der Waals surface area contributed by atoms with Gasteiger partial charge < -0.3 is 25.8 Å². The number of amides is 2. The van der Waals surface area contributed by atoms with Crippen LogP contribution in [0.5, 0.6) is 11.5 Å². The Bertz CT molecular complexity index is 538. The fraction of sp³-hybridized carbons (Fsp3) is 0.467. The van der Waals surface area contributed by atoms with Crippen LogP contribution in [0.25, 0.3) is 0 Å². The first kappa shape index (κ1) is 17.8. The van der Waals surface area contributed by atoms with Gasteiger partial charge in [0.15, 0.2) is 18.1 Å². The van der Waals surface area contributed by atoms with Crippen LogP contribution in [0, 0.1) is 0 Å². The standard InChI is InChI=1S/C15H23N3O4/c1-15(2,16)9-18-14(20)10-5-6-11(12(7-10)21-4)22-8-13(19)17-3/h5-7H,8-9,16H2,1-4H3,(H,17,19)(H,18,20). The minimum absolute atomic E-state index is 0.125. The molecule has 7 nitrogen and oxygen atoms in total. The lowest BCUT2D eigenvalue weighted by Crippen LogP contribution is -2.45. The van der Waals surface area contributed by atoms with Gasteiger partial charge in [-0.05, 0) is 32.0 Å². The molecule has 0 saturated heterocycles. The third kappa shape index (κ3) is 5.61. The van der Waals surface area contributed by atoms with Crippen molar-refractivity contribution in [3.8, 4) is 11.5 Å². The molecular weight excluding hydrogens is 286 g/mol. The number of hydrogen-bond donors (Lipinski definition) is 3. The molecule has 0 atom stereocenters. The molecule has 0 radical (unpaired) electrons. The first-order chi connectivity index (χ1) is 10.3. The van der Waals surface area contributed by atoms with Gasteiger partial charge >= 0.3 is 0 Å². The minimum Gasteiger partial charge on any atom is -0.493 e. The number of hydrogen-bond acceptors (Lipinski definition) is 5. The van der Waals surface area contributed by atoms with Crippen LogP contribution in [0.4, 0.5) is 0 Å². The smallest absolute Gasteiger partial charge is 0.257 e. The highest BCUT2D eigenvalue weighted by molar-refractivity contribution is 5.95. The van der Waals surface area contributed by atoms with Gasteiger partial charge in [-0.3, -0.25) is 9.59 Å². The van der Waals surface area contributed by atoms with Crippen molar-refractivity contribution in [3.05, 3.63) is 23.8 Å². The number of carbonyl (C=O) groups excluding carboxylic acids is 2. The summed E-state index contributed by atoms with van der Waals surface area (Å²) < 4.78 is 10.5. The predicted octanol–water partition coefficient (Wildman–Crippen LogP) is 0.287. The molecule has 122 valence electrons. The predicted molar refractivity (Wildman–Crippen MR) is 83.2 cm³/mol. The first-order valence-corrected chi connectivity index (χ1v) is 6.85. The van der Waals surface area contributed by atoms with E-state index in [2.05, 4.69) is 10.6 Å². The topological polar surface area (TPSA) is 103 Å². The number of nitrogens with two attached hydrogens (primary N) is 1. The van der Waals surface area contributed by atoms with Gasteiger partial charge in [-0.15, -0.1) is 0 Å². The second kappa shape index (κ2) is 7.65. The molecular formula is C15H23N3O4. The van der Waals surface area contributed by atoms with Crippen molar-refractivity contribution in [2.24, 2.45) is 5.73 Å². The number of benzene rings is 1. The molecule has 0 saturated carbocycles. The Morgan fingerprint density at radius 3 is 2.50 bits per heavy atom. The van der Waals surface area contributed by atoms with E-state index in [4.69, 9.17) is 15.2 Å². The second-order valence-corrected chi connectivity index (χ2v) is 5.50. The zero-order valence-corrected chi connectivity index (χ0v) is 13.4. The van der Waals surface area contributed by atoms with Crippen molar-refractivity contribution in [3.63, 3.8) is 0 Å².